The van der Waals surface area contributed by atoms with Gasteiger partial charge in [0.05, 0.1) is 22.7 Å². The maximum absolute atomic E-state index is 12.2. The predicted molar refractivity (Wildman–Crippen MR) is 57.1 cm³/mol. The molecule has 1 rings (SSSR count). The number of benzene rings is 1. The Morgan fingerprint density at radius 3 is 2.71 bits per heavy atom. The van der Waals surface area contributed by atoms with Crippen molar-refractivity contribution in [3.05, 3.63) is 33.9 Å². The lowest BCUT2D eigenvalue weighted by molar-refractivity contribution is -0.384. The van der Waals surface area contributed by atoms with E-state index in [1.54, 1.807) is 6.07 Å². The van der Waals surface area contributed by atoms with Gasteiger partial charge in [0.15, 0.2) is 0 Å². The zero-order valence-corrected chi connectivity index (χ0v) is 8.93. The number of non-ortho nitro benzene ring substituents is 1. The Morgan fingerprint density at radius 1 is 1.59 bits per heavy atom. The van der Waals surface area contributed by atoms with E-state index >= 15 is 0 Å². The van der Waals surface area contributed by atoms with Crippen LogP contribution in [0.25, 0.3) is 0 Å². The Morgan fingerprint density at radius 2 is 2.24 bits per heavy atom. The van der Waals surface area contributed by atoms with Crippen LogP contribution in [0.1, 0.15) is 5.56 Å². The summed E-state index contributed by atoms with van der Waals surface area (Å²) in [7, 11) is 1.40. The van der Waals surface area contributed by atoms with Gasteiger partial charge in [-0.25, -0.2) is 8.78 Å². The van der Waals surface area contributed by atoms with Crippen molar-refractivity contribution in [2.24, 2.45) is 0 Å². The standard InChI is InChI=1S/C10H9F2N3O2/c1-14(6-10(11)12)9-3-2-8(15(16)17)4-7(9)5-13/h2-4,10H,6H2,1H3. The third-order valence-electron chi connectivity index (χ3n) is 2.13. The van der Waals surface area contributed by atoms with Gasteiger partial charge in [-0.15, -0.1) is 0 Å². The van der Waals surface area contributed by atoms with Crippen LogP contribution in [0, 0.1) is 21.4 Å². The van der Waals surface area contributed by atoms with E-state index in [9.17, 15) is 18.9 Å². The number of alkyl halides is 2. The van der Waals surface area contributed by atoms with Crippen molar-refractivity contribution >= 4 is 11.4 Å². The van der Waals surface area contributed by atoms with Crippen molar-refractivity contribution in [2.75, 3.05) is 18.5 Å². The second kappa shape index (κ2) is 5.21. The molecular formula is C10H9F2N3O2. The molecule has 1 aromatic carbocycles. The molecule has 0 amide bonds. The molecule has 17 heavy (non-hydrogen) atoms. The summed E-state index contributed by atoms with van der Waals surface area (Å²) >= 11 is 0. The maximum atomic E-state index is 12.2. The van der Waals surface area contributed by atoms with E-state index in [0.717, 1.165) is 6.07 Å². The van der Waals surface area contributed by atoms with Crippen LogP contribution in [0.3, 0.4) is 0 Å². The molecule has 0 N–H and O–H groups in total. The molecule has 0 fully saturated rings. The molecule has 0 aromatic heterocycles. The van der Waals surface area contributed by atoms with Crippen LogP contribution in [0.4, 0.5) is 20.2 Å². The van der Waals surface area contributed by atoms with Crippen molar-refractivity contribution in [1.82, 2.24) is 0 Å². The Hall–Kier alpha value is -2.23. The van der Waals surface area contributed by atoms with Crippen molar-refractivity contribution in [2.45, 2.75) is 6.43 Å². The molecule has 1 aromatic rings. The van der Waals surface area contributed by atoms with Crippen LogP contribution in [0.15, 0.2) is 18.2 Å². The minimum Gasteiger partial charge on any atom is -0.368 e. The molecule has 0 bridgehead atoms. The highest BCUT2D eigenvalue weighted by Crippen LogP contribution is 2.24. The minimum absolute atomic E-state index is 0.00218. The number of nitro groups is 1. The highest BCUT2D eigenvalue weighted by molar-refractivity contribution is 5.62. The summed E-state index contributed by atoms with van der Waals surface area (Å²) < 4.78 is 24.4. The van der Waals surface area contributed by atoms with Crippen molar-refractivity contribution in [3.8, 4) is 6.07 Å². The van der Waals surface area contributed by atoms with Gasteiger partial charge in [-0.05, 0) is 6.07 Å². The molecule has 0 heterocycles. The topological polar surface area (TPSA) is 70.2 Å². The molecule has 5 nitrogen and oxygen atoms in total. The lowest BCUT2D eigenvalue weighted by Gasteiger charge is -2.19. The highest BCUT2D eigenvalue weighted by Gasteiger charge is 2.15. The number of nitriles is 1. The van der Waals surface area contributed by atoms with Crippen LogP contribution in [0.2, 0.25) is 0 Å². The largest absolute Gasteiger partial charge is 0.368 e. The highest BCUT2D eigenvalue weighted by atomic mass is 19.3. The van der Waals surface area contributed by atoms with Crippen molar-refractivity contribution in [1.29, 1.82) is 5.26 Å². The molecule has 0 aliphatic rings. The summed E-state index contributed by atoms with van der Waals surface area (Å²) in [4.78, 5) is 11.0. The quantitative estimate of drug-likeness (QED) is 0.598. The third-order valence-corrected chi connectivity index (χ3v) is 2.13. The second-order valence-electron chi connectivity index (χ2n) is 3.34. The summed E-state index contributed by atoms with van der Waals surface area (Å²) in [6.07, 6.45) is -2.54. The Balaban J connectivity index is 3.09. The van der Waals surface area contributed by atoms with E-state index in [1.807, 2.05) is 0 Å². The van der Waals surface area contributed by atoms with Gasteiger partial charge in [0.25, 0.3) is 12.1 Å². The Bertz CT molecular complexity index is 471. The summed E-state index contributed by atoms with van der Waals surface area (Å²) in [5, 5.41) is 19.3. The fraction of sp³-hybridized carbons (Fsp3) is 0.300. The molecule has 7 heteroatoms. The summed E-state index contributed by atoms with van der Waals surface area (Å²) in [6.45, 7) is -0.535. The van der Waals surface area contributed by atoms with E-state index in [-0.39, 0.29) is 16.9 Å². The number of nitrogens with zero attached hydrogens (tertiary/aromatic N) is 3. The van der Waals surface area contributed by atoms with E-state index in [1.165, 1.54) is 24.1 Å². The maximum Gasteiger partial charge on any atom is 0.270 e. The number of anilines is 1. The number of hydrogen-bond donors (Lipinski definition) is 0. The minimum atomic E-state index is -2.54. The molecule has 0 saturated heterocycles. The first-order valence-corrected chi connectivity index (χ1v) is 4.63. The zero-order valence-electron chi connectivity index (χ0n) is 8.93. The summed E-state index contributed by atoms with van der Waals surface area (Å²) in [5.41, 5.74) is 0.0106. The fourth-order valence-corrected chi connectivity index (χ4v) is 1.37. The fourth-order valence-electron chi connectivity index (χ4n) is 1.37. The second-order valence-corrected chi connectivity index (χ2v) is 3.34. The van der Waals surface area contributed by atoms with Gasteiger partial charge >= 0.3 is 0 Å². The monoisotopic (exact) mass is 241 g/mol. The molecule has 0 aliphatic heterocycles. The third kappa shape index (κ3) is 3.11. The first-order chi connectivity index (χ1) is 7.95. The summed E-state index contributed by atoms with van der Waals surface area (Å²) in [5.74, 6) is 0. The van der Waals surface area contributed by atoms with Gasteiger partial charge in [-0.2, -0.15) is 5.26 Å². The van der Waals surface area contributed by atoms with Gasteiger partial charge in [0, 0.05) is 19.2 Å². The Kier molecular flexibility index (Phi) is 3.93. The number of hydrogen-bond acceptors (Lipinski definition) is 4. The van der Waals surface area contributed by atoms with E-state index < -0.39 is 17.9 Å². The molecule has 0 saturated carbocycles. The molecule has 0 spiro atoms. The van der Waals surface area contributed by atoms with E-state index in [2.05, 4.69) is 0 Å². The SMILES string of the molecule is CN(CC(F)F)c1ccc([N+](=O)[O-])cc1C#N. The molecule has 0 atom stereocenters. The van der Waals surface area contributed by atoms with Crippen LogP contribution in [-0.4, -0.2) is 24.9 Å². The first kappa shape index (κ1) is 12.8. The van der Waals surface area contributed by atoms with Gasteiger partial charge in [-0.1, -0.05) is 0 Å². The molecular weight excluding hydrogens is 232 g/mol. The smallest absolute Gasteiger partial charge is 0.270 e. The normalized spacial score (nSPS) is 10.1. The lowest BCUT2D eigenvalue weighted by Crippen LogP contribution is -2.24. The lowest BCUT2D eigenvalue weighted by atomic mass is 10.1. The van der Waals surface area contributed by atoms with E-state index in [4.69, 9.17) is 5.26 Å². The summed E-state index contributed by atoms with van der Waals surface area (Å²) in [6, 6.07) is 5.29. The van der Waals surface area contributed by atoms with Gasteiger partial charge in [-0.3, -0.25) is 10.1 Å². The van der Waals surface area contributed by atoms with Gasteiger partial charge < -0.3 is 4.90 Å². The number of nitro benzene ring substituents is 1. The molecule has 90 valence electrons. The van der Waals surface area contributed by atoms with Crippen LogP contribution in [0.5, 0.6) is 0 Å². The average molecular weight is 241 g/mol. The van der Waals surface area contributed by atoms with Crippen molar-refractivity contribution < 1.29 is 13.7 Å². The van der Waals surface area contributed by atoms with Crippen LogP contribution in [-0.2, 0) is 0 Å². The molecule has 0 unspecified atom stereocenters. The number of halogens is 2. The van der Waals surface area contributed by atoms with Gasteiger partial charge in [0.2, 0.25) is 0 Å². The number of rotatable bonds is 4. The van der Waals surface area contributed by atoms with E-state index in [0.29, 0.717) is 0 Å². The first-order valence-electron chi connectivity index (χ1n) is 4.63. The van der Waals surface area contributed by atoms with Gasteiger partial charge in [0.1, 0.15) is 6.07 Å². The van der Waals surface area contributed by atoms with Crippen LogP contribution >= 0.6 is 0 Å². The Labute approximate surface area is 96.0 Å². The van der Waals surface area contributed by atoms with Crippen LogP contribution < -0.4 is 4.90 Å². The molecule has 0 aliphatic carbocycles. The predicted octanol–water partition coefficient (Wildman–Crippen LogP) is 2.17. The average Bonchev–Trinajstić information content (AvgIpc) is 2.27. The molecule has 0 radical (unpaired) electrons. The van der Waals surface area contributed by atoms with Crippen molar-refractivity contribution in [3.63, 3.8) is 0 Å². The zero-order chi connectivity index (χ0) is 13.0.